The first-order valence-corrected chi connectivity index (χ1v) is 4.19. The van der Waals surface area contributed by atoms with Crippen molar-refractivity contribution in [3.8, 4) is 6.07 Å². The Hall–Kier alpha value is -2.73. The van der Waals surface area contributed by atoms with E-state index < -0.39 is 23.2 Å². The molecule has 0 aromatic carbocycles. The minimum absolute atomic E-state index is 0.00778. The SMILES string of the molecule is N#Cc1nc(NOCC(=O)O)ccc1[N+](=O)[O-]. The number of nitrogens with one attached hydrogen (secondary N) is 1. The lowest BCUT2D eigenvalue weighted by Gasteiger charge is -2.03. The van der Waals surface area contributed by atoms with Crippen LogP contribution in [0.1, 0.15) is 5.69 Å². The number of carbonyl (C=O) groups is 1. The molecule has 2 N–H and O–H groups in total. The molecule has 0 amide bonds. The molecule has 0 spiro atoms. The highest BCUT2D eigenvalue weighted by Crippen LogP contribution is 2.17. The molecule has 0 aliphatic rings. The lowest BCUT2D eigenvalue weighted by atomic mass is 10.3. The third kappa shape index (κ3) is 3.40. The van der Waals surface area contributed by atoms with Crippen molar-refractivity contribution in [1.82, 2.24) is 4.98 Å². The van der Waals surface area contributed by atoms with Gasteiger partial charge in [0.25, 0.3) is 0 Å². The van der Waals surface area contributed by atoms with E-state index in [4.69, 9.17) is 10.4 Å². The number of carboxylic acids is 1. The monoisotopic (exact) mass is 238 g/mol. The third-order valence-electron chi connectivity index (χ3n) is 1.55. The normalized spacial score (nSPS) is 9.35. The van der Waals surface area contributed by atoms with Gasteiger partial charge in [0.2, 0.25) is 5.69 Å². The van der Waals surface area contributed by atoms with Gasteiger partial charge in [-0.15, -0.1) is 0 Å². The number of nitrogens with zero attached hydrogens (tertiary/aromatic N) is 3. The zero-order valence-corrected chi connectivity index (χ0v) is 8.28. The molecule has 0 unspecified atom stereocenters. The van der Waals surface area contributed by atoms with Crippen LogP contribution in [0.15, 0.2) is 12.1 Å². The van der Waals surface area contributed by atoms with E-state index in [1.54, 1.807) is 6.07 Å². The Bertz CT molecular complexity index is 495. The fourth-order valence-corrected chi connectivity index (χ4v) is 0.910. The third-order valence-corrected chi connectivity index (χ3v) is 1.55. The van der Waals surface area contributed by atoms with Gasteiger partial charge in [-0.05, 0) is 6.07 Å². The van der Waals surface area contributed by atoms with Gasteiger partial charge in [0.15, 0.2) is 12.4 Å². The number of nitro groups is 1. The number of nitriles is 1. The van der Waals surface area contributed by atoms with Crippen molar-refractivity contribution < 1.29 is 19.7 Å². The van der Waals surface area contributed by atoms with Gasteiger partial charge in [-0.25, -0.2) is 15.3 Å². The van der Waals surface area contributed by atoms with Crippen LogP contribution in [0.2, 0.25) is 0 Å². The maximum Gasteiger partial charge on any atom is 0.332 e. The number of hydrogen-bond donors (Lipinski definition) is 2. The zero-order chi connectivity index (χ0) is 12.8. The summed E-state index contributed by atoms with van der Waals surface area (Å²) in [6.45, 7) is -0.611. The lowest BCUT2D eigenvalue weighted by molar-refractivity contribution is -0.385. The molecule has 1 heterocycles. The average molecular weight is 238 g/mol. The number of aliphatic carboxylic acids is 1. The van der Waals surface area contributed by atoms with E-state index in [0.717, 1.165) is 6.07 Å². The van der Waals surface area contributed by atoms with Crippen LogP contribution in [-0.4, -0.2) is 27.6 Å². The molecule has 0 aliphatic heterocycles. The second-order valence-corrected chi connectivity index (χ2v) is 2.72. The van der Waals surface area contributed by atoms with Crippen LogP contribution in [0.25, 0.3) is 0 Å². The van der Waals surface area contributed by atoms with E-state index in [-0.39, 0.29) is 11.5 Å². The molecule has 17 heavy (non-hydrogen) atoms. The van der Waals surface area contributed by atoms with Crippen molar-refractivity contribution in [2.75, 3.05) is 12.1 Å². The standard InChI is InChI=1S/C8H6N4O5/c9-3-5-6(12(15)16)1-2-7(10-5)11-17-4-8(13)14/h1-2H,4H2,(H,10,11)(H,13,14). The zero-order valence-electron chi connectivity index (χ0n) is 8.28. The number of hydrogen-bond acceptors (Lipinski definition) is 7. The van der Waals surface area contributed by atoms with Crippen molar-refractivity contribution in [3.05, 3.63) is 27.9 Å². The molecule has 0 fully saturated rings. The minimum Gasteiger partial charge on any atom is -0.479 e. The Morgan fingerprint density at radius 1 is 1.71 bits per heavy atom. The number of pyridine rings is 1. The maximum atomic E-state index is 10.5. The average Bonchev–Trinajstić information content (AvgIpc) is 2.28. The molecule has 1 aromatic rings. The van der Waals surface area contributed by atoms with Crippen LogP contribution in [0.4, 0.5) is 11.5 Å². The van der Waals surface area contributed by atoms with Crippen molar-refractivity contribution in [3.63, 3.8) is 0 Å². The van der Waals surface area contributed by atoms with Crippen molar-refractivity contribution in [2.24, 2.45) is 0 Å². The molecular formula is C8H6N4O5. The van der Waals surface area contributed by atoms with Gasteiger partial charge in [-0.3, -0.25) is 15.0 Å². The van der Waals surface area contributed by atoms with E-state index in [2.05, 4.69) is 15.3 Å². The Labute approximate surface area is 94.4 Å². The molecule has 0 saturated carbocycles. The highest BCUT2D eigenvalue weighted by atomic mass is 16.7. The molecule has 1 aromatic heterocycles. The van der Waals surface area contributed by atoms with Crippen LogP contribution in [-0.2, 0) is 9.63 Å². The number of aromatic nitrogens is 1. The molecule has 0 saturated heterocycles. The minimum atomic E-state index is -1.19. The molecule has 0 radical (unpaired) electrons. The van der Waals surface area contributed by atoms with E-state index in [1.165, 1.54) is 6.07 Å². The molecule has 0 bridgehead atoms. The molecule has 0 aliphatic carbocycles. The van der Waals surface area contributed by atoms with Crippen molar-refractivity contribution in [1.29, 1.82) is 5.26 Å². The van der Waals surface area contributed by atoms with Gasteiger partial charge in [0.1, 0.15) is 6.07 Å². The summed E-state index contributed by atoms with van der Waals surface area (Å²) in [5.41, 5.74) is 1.33. The fourth-order valence-electron chi connectivity index (χ4n) is 0.910. The van der Waals surface area contributed by atoms with Gasteiger partial charge in [0, 0.05) is 6.07 Å². The van der Waals surface area contributed by atoms with Crippen LogP contribution < -0.4 is 5.48 Å². The highest BCUT2D eigenvalue weighted by Gasteiger charge is 2.15. The summed E-state index contributed by atoms with van der Waals surface area (Å²) >= 11 is 0. The Morgan fingerprint density at radius 2 is 2.41 bits per heavy atom. The van der Waals surface area contributed by atoms with Crippen LogP contribution in [0.5, 0.6) is 0 Å². The molecule has 88 valence electrons. The lowest BCUT2D eigenvalue weighted by Crippen LogP contribution is -2.12. The highest BCUT2D eigenvalue weighted by molar-refractivity contribution is 5.68. The predicted octanol–water partition coefficient (Wildman–Crippen LogP) is 0.290. The second kappa shape index (κ2) is 5.38. The molecule has 9 heteroatoms. The Balaban J connectivity index is 2.80. The summed E-state index contributed by atoms with van der Waals surface area (Å²) in [6.07, 6.45) is 0. The summed E-state index contributed by atoms with van der Waals surface area (Å²) < 4.78 is 0. The first kappa shape index (κ1) is 12.3. The van der Waals surface area contributed by atoms with Crippen LogP contribution in [0, 0.1) is 21.4 Å². The van der Waals surface area contributed by atoms with Crippen molar-refractivity contribution >= 4 is 17.5 Å². The molecule has 1 rings (SSSR count). The van der Waals surface area contributed by atoms with Gasteiger partial charge in [0.05, 0.1) is 4.92 Å². The number of rotatable bonds is 5. The van der Waals surface area contributed by atoms with E-state index in [9.17, 15) is 14.9 Å². The van der Waals surface area contributed by atoms with E-state index in [0.29, 0.717) is 0 Å². The summed E-state index contributed by atoms with van der Waals surface area (Å²) in [5.74, 6) is -1.19. The summed E-state index contributed by atoms with van der Waals surface area (Å²) in [5, 5.41) is 27.4. The van der Waals surface area contributed by atoms with Gasteiger partial charge >= 0.3 is 11.7 Å². The van der Waals surface area contributed by atoms with Crippen LogP contribution in [0.3, 0.4) is 0 Å². The molecular weight excluding hydrogens is 232 g/mol. The Kier molecular flexibility index (Phi) is 3.91. The van der Waals surface area contributed by atoms with Gasteiger partial charge in [-0.1, -0.05) is 0 Å². The largest absolute Gasteiger partial charge is 0.479 e. The van der Waals surface area contributed by atoms with Crippen LogP contribution >= 0.6 is 0 Å². The number of carboxylic acid groups (broad SMARTS) is 1. The summed E-state index contributed by atoms with van der Waals surface area (Å²) in [6, 6.07) is 3.81. The second-order valence-electron chi connectivity index (χ2n) is 2.72. The van der Waals surface area contributed by atoms with Gasteiger partial charge in [-0.2, -0.15) is 5.26 Å². The molecule has 9 nitrogen and oxygen atoms in total. The first-order valence-electron chi connectivity index (χ1n) is 4.19. The fraction of sp³-hybridized carbons (Fsp3) is 0.125. The van der Waals surface area contributed by atoms with E-state index >= 15 is 0 Å². The van der Waals surface area contributed by atoms with Gasteiger partial charge < -0.3 is 5.11 Å². The first-order chi connectivity index (χ1) is 8.04. The quantitative estimate of drug-likeness (QED) is 0.551. The topological polar surface area (TPSA) is 138 Å². The maximum absolute atomic E-state index is 10.5. The smallest absolute Gasteiger partial charge is 0.332 e. The van der Waals surface area contributed by atoms with E-state index in [1.807, 2.05) is 0 Å². The predicted molar refractivity (Wildman–Crippen MR) is 52.8 cm³/mol. The summed E-state index contributed by atoms with van der Waals surface area (Å²) in [4.78, 5) is 27.9. The molecule has 0 atom stereocenters. The van der Waals surface area contributed by atoms with Crippen molar-refractivity contribution in [2.45, 2.75) is 0 Å². The number of anilines is 1. The Morgan fingerprint density at radius 3 is 2.94 bits per heavy atom. The summed E-state index contributed by atoms with van der Waals surface area (Å²) in [7, 11) is 0.